The SMILES string of the molecule is CC(=O)N1CCC(NCC2=CCN(C(=O)OC(C)(C)C)CC2)CC1. The number of piperidine rings is 1. The molecule has 0 aromatic carbocycles. The van der Waals surface area contributed by atoms with Crippen LogP contribution in [0.15, 0.2) is 11.6 Å². The molecule has 1 fully saturated rings. The Kier molecular flexibility index (Phi) is 6.27. The molecule has 0 radical (unpaired) electrons. The molecule has 136 valence electrons. The second-order valence-electron chi connectivity index (χ2n) is 7.70. The van der Waals surface area contributed by atoms with Gasteiger partial charge in [-0.05, 0) is 40.0 Å². The molecule has 2 aliphatic heterocycles. The summed E-state index contributed by atoms with van der Waals surface area (Å²) in [6, 6.07) is 0.477. The van der Waals surface area contributed by atoms with Crippen LogP contribution >= 0.6 is 0 Å². The summed E-state index contributed by atoms with van der Waals surface area (Å²) in [6.45, 7) is 11.2. The third kappa shape index (κ3) is 5.82. The molecule has 1 saturated heterocycles. The lowest BCUT2D eigenvalue weighted by molar-refractivity contribution is -0.129. The summed E-state index contributed by atoms with van der Waals surface area (Å²) < 4.78 is 5.41. The van der Waals surface area contributed by atoms with Crippen LogP contribution in [-0.2, 0) is 9.53 Å². The molecule has 0 saturated carbocycles. The van der Waals surface area contributed by atoms with E-state index in [0.717, 1.165) is 38.9 Å². The zero-order valence-electron chi connectivity index (χ0n) is 15.4. The maximum atomic E-state index is 12.0. The lowest BCUT2D eigenvalue weighted by Gasteiger charge is -2.33. The molecule has 2 aliphatic rings. The van der Waals surface area contributed by atoms with Crippen molar-refractivity contribution in [3.63, 3.8) is 0 Å². The maximum absolute atomic E-state index is 12.0. The molecule has 6 heteroatoms. The predicted molar refractivity (Wildman–Crippen MR) is 93.8 cm³/mol. The Morgan fingerprint density at radius 1 is 1.21 bits per heavy atom. The monoisotopic (exact) mass is 337 g/mol. The number of amides is 2. The van der Waals surface area contributed by atoms with Crippen LogP contribution in [0.4, 0.5) is 4.79 Å². The molecule has 0 aromatic heterocycles. The minimum absolute atomic E-state index is 0.172. The van der Waals surface area contributed by atoms with Gasteiger partial charge in [0.25, 0.3) is 0 Å². The Bertz CT molecular complexity index is 488. The largest absolute Gasteiger partial charge is 0.444 e. The van der Waals surface area contributed by atoms with Crippen LogP contribution in [0, 0.1) is 0 Å². The number of carbonyl (C=O) groups is 2. The van der Waals surface area contributed by atoms with E-state index in [1.165, 1.54) is 5.57 Å². The number of nitrogens with one attached hydrogen (secondary N) is 1. The molecule has 6 nitrogen and oxygen atoms in total. The minimum Gasteiger partial charge on any atom is -0.444 e. The molecule has 0 spiro atoms. The van der Waals surface area contributed by atoms with Crippen LogP contribution in [0.5, 0.6) is 0 Å². The first kappa shape index (κ1) is 18.8. The summed E-state index contributed by atoms with van der Waals surface area (Å²) in [5.41, 5.74) is 0.904. The second kappa shape index (κ2) is 8.01. The molecule has 24 heavy (non-hydrogen) atoms. The number of ether oxygens (including phenoxy) is 1. The van der Waals surface area contributed by atoms with Gasteiger partial charge in [-0.3, -0.25) is 4.79 Å². The zero-order chi connectivity index (χ0) is 17.7. The molecule has 0 unspecified atom stereocenters. The van der Waals surface area contributed by atoms with E-state index in [9.17, 15) is 9.59 Å². The van der Waals surface area contributed by atoms with Crippen molar-refractivity contribution in [1.29, 1.82) is 0 Å². The van der Waals surface area contributed by atoms with Gasteiger partial charge in [0.1, 0.15) is 5.60 Å². The topological polar surface area (TPSA) is 61.9 Å². The fourth-order valence-corrected chi connectivity index (χ4v) is 3.04. The van der Waals surface area contributed by atoms with E-state index in [-0.39, 0.29) is 12.0 Å². The number of carbonyl (C=O) groups excluding carboxylic acids is 2. The molecular weight excluding hydrogens is 306 g/mol. The average molecular weight is 337 g/mol. The van der Waals surface area contributed by atoms with Gasteiger partial charge in [0.2, 0.25) is 5.91 Å². The van der Waals surface area contributed by atoms with E-state index < -0.39 is 5.60 Å². The van der Waals surface area contributed by atoms with E-state index in [2.05, 4.69) is 11.4 Å². The minimum atomic E-state index is -0.447. The summed E-state index contributed by atoms with van der Waals surface area (Å²) in [7, 11) is 0. The van der Waals surface area contributed by atoms with Crippen LogP contribution in [0.3, 0.4) is 0 Å². The Labute approximate surface area is 145 Å². The van der Waals surface area contributed by atoms with Crippen molar-refractivity contribution in [1.82, 2.24) is 15.1 Å². The highest BCUT2D eigenvalue weighted by atomic mass is 16.6. The van der Waals surface area contributed by atoms with E-state index >= 15 is 0 Å². The number of likely N-dealkylation sites (tertiary alicyclic amines) is 1. The molecule has 0 aliphatic carbocycles. The molecule has 0 atom stereocenters. The van der Waals surface area contributed by atoms with Crippen LogP contribution in [-0.4, -0.2) is 66.2 Å². The number of hydrogen-bond donors (Lipinski definition) is 1. The van der Waals surface area contributed by atoms with Crippen LogP contribution in [0.2, 0.25) is 0 Å². The normalized spacial score (nSPS) is 19.9. The molecule has 2 amide bonds. The summed E-state index contributed by atoms with van der Waals surface area (Å²) in [4.78, 5) is 27.0. The van der Waals surface area contributed by atoms with Crippen LogP contribution in [0.25, 0.3) is 0 Å². The number of nitrogens with zero attached hydrogens (tertiary/aromatic N) is 2. The van der Waals surface area contributed by atoms with Gasteiger partial charge in [-0.15, -0.1) is 0 Å². The van der Waals surface area contributed by atoms with Crippen molar-refractivity contribution in [3.8, 4) is 0 Å². The predicted octanol–water partition coefficient (Wildman–Crippen LogP) is 2.15. The Hall–Kier alpha value is -1.56. The summed E-state index contributed by atoms with van der Waals surface area (Å²) in [5, 5.41) is 3.59. The lowest BCUT2D eigenvalue weighted by Crippen LogP contribution is -2.45. The van der Waals surface area contributed by atoms with Crippen LogP contribution < -0.4 is 5.32 Å². The van der Waals surface area contributed by atoms with Gasteiger partial charge in [-0.25, -0.2) is 4.79 Å². The van der Waals surface area contributed by atoms with Gasteiger partial charge in [0.15, 0.2) is 0 Å². The van der Waals surface area contributed by atoms with Crippen molar-refractivity contribution < 1.29 is 14.3 Å². The first-order chi connectivity index (χ1) is 11.2. The molecule has 1 N–H and O–H groups in total. The Morgan fingerprint density at radius 2 is 1.88 bits per heavy atom. The highest BCUT2D eigenvalue weighted by molar-refractivity contribution is 5.73. The van der Waals surface area contributed by atoms with E-state index in [1.807, 2.05) is 25.7 Å². The van der Waals surface area contributed by atoms with Gasteiger partial charge in [-0.1, -0.05) is 11.6 Å². The maximum Gasteiger partial charge on any atom is 0.410 e. The van der Waals surface area contributed by atoms with Crippen molar-refractivity contribution in [2.45, 2.75) is 58.6 Å². The number of hydrogen-bond acceptors (Lipinski definition) is 4. The highest BCUT2D eigenvalue weighted by Crippen LogP contribution is 2.16. The summed E-state index contributed by atoms with van der Waals surface area (Å²) in [5.74, 6) is 0.172. The fourth-order valence-electron chi connectivity index (χ4n) is 3.04. The van der Waals surface area contributed by atoms with Crippen molar-refractivity contribution in [3.05, 3.63) is 11.6 Å². The van der Waals surface area contributed by atoms with Gasteiger partial charge in [0.05, 0.1) is 0 Å². The summed E-state index contributed by atoms with van der Waals surface area (Å²) in [6.07, 6.45) is 4.81. The molecule has 0 bridgehead atoms. The highest BCUT2D eigenvalue weighted by Gasteiger charge is 2.24. The molecular formula is C18H31N3O3. The zero-order valence-corrected chi connectivity index (χ0v) is 15.4. The first-order valence-electron chi connectivity index (χ1n) is 8.89. The van der Waals surface area contributed by atoms with Gasteiger partial charge in [0, 0.05) is 45.7 Å². The fraction of sp³-hybridized carbons (Fsp3) is 0.778. The van der Waals surface area contributed by atoms with Gasteiger partial charge < -0.3 is 19.9 Å². The molecule has 0 aromatic rings. The smallest absolute Gasteiger partial charge is 0.410 e. The van der Waals surface area contributed by atoms with E-state index in [4.69, 9.17) is 4.74 Å². The second-order valence-corrected chi connectivity index (χ2v) is 7.70. The third-order valence-corrected chi connectivity index (χ3v) is 4.51. The molecule has 2 heterocycles. The lowest BCUT2D eigenvalue weighted by atomic mass is 10.0. The van der Waals surface area contributed by atoms with Gasteiger partial charge in [-0.2, -0.15) is 0 Å². The van der Waals surface area contributed by atoms with Crippen molar-refractivity contribution >= 4 is 12.0 Å². The van der Waals surface area contributed by atoms with Crippen molar-refractivity contribution in [2.24, 2.45) is 0 Å². The quantitative estimate of drug-likeness (QED) is 0.802. The Balaban J connectivity index is 1.70. The van der Waals surface area contributed by atoms with Crippen molar-refractivity contribution in [2.75, 3.05) is 32.7 Å². The average Bonchev–Trinajstić information content (AvgIpc) is 2.52. The molecule has 2 rings (SSSR count). The third-order valence-electron chi connectivity index (χ3n) is 4.51. The van der Waals surface area contributed by atoms with E-state index in [0.29, 0.717) is 19.1 Å². The van der Waals surface area contributed by atoms with Gasteiger partial charge >= 0.3 is 6.09 Å². The van der Waals surface area contributed by atoms with E-state index in [1.54, 1.807) is 11.8 Å². The summed E-state index contributed by atoms with van der Waals surface area (Å²) >= 11 is 0. The van der Waals surface area contributed by atoms with Crippen LogP contribution in [0.1, 0.15) is 47.0 Å². The number of rotatable bonds is 3. The Morgan fingerprint density at radius 3 is 2.38 bits per heavy atom. The first-order valence-corrected chi connectivity index (χ1v) is 8.89. The standard InChI is InChI=1S/C18H31N3O3/c1-14(22)20-11-7-16(8-12-20)19-13-15-5-9-21(10-6-15)17(23)24-18(2,3)4/h5,16,19H,6-13H2,1-4H3.